The van der Waals surface area contributed by atoms with Gasteiger partial charge in [-0.05, 0) is 57.1 Å². The molecule has 0 spiro atoms. The number of hydrogen-bond acceptors (Lipinski definition) is 5. The third kappa shape index (κ3) is 3.98. The zero-order valence-corrected chi connectivity index (χ0v) is 14.6. The van der Waals surface area contributed by atoms with Crippen LogP contribution in [0.2, 0.25) is 0 Å². The second-order valence-corrected chi connectivity index (χ2v) is 7.67. The number of carbonyl (C=O) groups excluding carboxylic acids is 1. The van der Waals surface area contributed by atoms with E-state index in [1.165, 1.54) is 0 Å². The van der Waals surface area contributed by atoms with Crippen LogP contribution < -0.4 is 4.74 Å². The van der Waals surface area contributed by atoms with Gasteiger partial charge in [0.05, 0.1) is 12.2 Å². The van der Waals surface area contributed by atoms with Crippen molar-refractivity contribution >= 4 is 6.09 Å². The Morgan fingerprint density at radius 2 is 2.21 bits per heavy atom. The average Bonchev–Trinajstić information content (AvgIpc) is 3.24. The van der Waals surface area contributed by atoms with Crippen molar-refractivity contribution in [3.8, 4) is 5.75 Å². The van der Waals surface area contributed by atoms with Crippen LogP contribution in [0, 0.1) is 5.92 Å². The Kier molecular flexibility index (Phi) is 4.67. The summed E-state index contributed by atoms with van der Waals surface area (Å²) in [5.74, 6) is 1.47. The molecule has 1 aliphatic heterocycles. The summed E-state index contributed by atoms with van der Waals surface area (Å²) in [7, 11) is 0. The Hall–Kier alpha value is -1.82. The molecule has 6 nitrogen and oxygen atoms in total. The second kappa shape index (κ2) is 6.59. The Bertz CT molecular complexity index is 599. The summed E-state index contributed by atoms with van der Waals surface area (Å²) in [5.41, 5.74) is 0.633. The molecular formula is C18H26N2O4. The summed E-state index contributed by atoms with van der Waals surface area (Å²) in [6.07, 6.45) is 5.18. The van der Waals surface area contributed by atoms with E-state index in [-0.39, 0.29) is 18.7 Å². The van der Waals surface area contributed by atoms with Crippen LogP contribution in [0.5, 0.6) is 5.75 Å². The third-order valence-electron chi connectivity index (χ3n) is 4.53. The molecule has 1 saturated carbocycles. The zero-order valence-electron chi connectivity index (χ0n) is 14.6. The van der Waals surface area contributed by atoms with Gasteiger partial charge in [-0.1, -0.05) is 0 Å². The summed E-state index contributed by atoms with van der Waals surface area (Å²) >= 11 is 0. The SMILES string of the molecule is CC(C)(C)OC(=O)N1CC[C@H]1COc1cncc([C@H]2C[C@H]2CO)c1. The minimum atomic E-state index is -0.482. The van der Waals surface area contributed by atoms with E-state index in [1.54, 1.807) is 11.1 Å². The zero-order chi connectivity index (χ0) is 17.3. The number of carbonyl (C=O) groups is 1. The molecule has 2 heterocycles. The van der Waals surface area contributed by atoms with Gasteiger partial charge in [-0.2, -0.15) is 0 Å². The van der Waals surface area contributed by atoms with Gasteiger partial charge in [0.15, 0.2) is 0 Å². The highest BCUT2D eigenvalue weighted by molar-refractivity contribution is 5.69. The Morgan fingerprint density at radius 1 is 1.42 bits per heavy atom. The van der Waals surface area contributed by atoms with Crippen LogP contribution in [0.1, 0.15) is 45.1 Å². The molecule has 0 aromatic carbocycles. The molecule has 24 heavy (non-hydrogen) atoms. The largest absolute Gasteiger partial charge is 0.490 e. The average molecular weight is 334 g/mol. The number of rotatable bonds is 5. The van der Waals surface area contributed by atoms with Gasteiger partial charge in [-0.25, -0.2) is 4.79 Å². The van der Waals surface area contributed by atoms with Crippen LogP contribution in [0.4, 0.5) is 4.79 Å². The van der Waals surface area contributed by atoms with Gasteiger partial charge in [0.2, 0.25) is 0 Å². The highest BCUT2D eigenvalue weighted by Gasteiger charge is 2.38. The number of nitrogens with zero attached hydrogens (tertiary/aromatic N) is 2. The maximum absolute atomic E-state index is 12.1. The number of hydrogen-bond donors (Lipinski definition) is 1. The molecule has 1 aliphatic carbocycles. The van der Waals surface area contributed by atoms with E-state index < -0.39 is 5.60 Å². The normalized spacial score (nSPS) is 25.8. The molecule has 0 radical (unpaired) electrons. The van der Waals surface area contributed by atoms with E-state index in [9.17, 15) is 9.90 Å². The lowest BCUT2D eigenvalue weighted by Gasteiger charge is -2.40. The first-order valence-corrected chi connectivity index (χ1v) is 8.55. The predicted molar refractivity (Wildman–Crippen MR) is 89.0 cm³/mol. The van der Waals surface area contributed by atoms with Crippen LogP contribution >= 0.6 is 0 Å². The Labute approximate surface area is 142 Å². The van der Waals surface area contributed by atoms with Gasteiger partial charge in [-0.3, -0.25) is 4.98 Å². The maximum atomic E-state index is 12.1. The monoisotopic (exact) mass is 334 g/mol. The summed E-state index contributed by atoms with van der Waals surface area (Å²) in [5, 5.41) is 9.18. The summed E-state index contributed by atoms with van der Waals surface area (Å²) in [6, 6.07) is 2.04. The number of pyridine rings is 1. The lowest BCUT2D eigenvalue weighted by atomic mass is 10.1. The van der Waals surface area contributed by atoms with Crippen molar-refractivity contribution in [1.82, 2.24) is 9.88 Å². The molecule has 1 aromatic rings. The molecule has 132 valence electrons. The van der Waals surface area contributed by atoms with Crippen LogP contribution in [-0.2, 0) is 4.74 Å². The van der Waals surface area contributed by atoms with Crippen molar-refractivity contribution in [2.45, 2.75) is 51.2 Å². The molecule has 0 bridgehead atoms. The molecule has 1 amide bonds. The summed E-state index contributed by atoms with van der Waals surface area (Å²) < 4.78 is 11.2. The van der Waals surface area contributed by atoms with Gasteiger partial charge in [0.25, 0.3) is 0 Å². The first-order valence-electron chi connectivity index (χ1n) is 8.55. The quantitative estimate of drug-likeness (QED) is 0.896. The number of aliphatic hydroxyl groups excluding tert-OH is 1. The highest BCUT2D eigenvalue weighted by atomic mass is 16.6. The minimum absolute atomic E-state index is 0.0506. The molecular weight excluding hydrogens is 308 g/mol. The number of aliphatic hydroxyl groups is 1. The summed E-state index contributed by atoms with van der Waals surface area (Å²) in [4.78, 5) is 18.0. The minimum Gasteiger partial charge on any atom is -0.490 e. The highest BCUT2D eigenvalue weighted by Crippen LogP contribution is 2.47. The van der Waals surface area contributed by atoms with Crippen molar-refractivity contribution in [3.05, 3.63) is 24.0 Å². The van der Waals surface area contributed by atoms with Crippen molar-refractivity contribution in [2.75, 3.05) is 19.8 Å². The van der Waals surface area contributed by atoms with Gasteiger partial charge in [0, 0.05) is 19.3 Å². The first-order chi connectivity index (χ1) is 11.4. The number of aromatic nitrogens is 1. The fraction of sp³-hybridized carbons (Fsp3) is 0.667. The topological polar surface area (TPSA) is 71.9 Å². The van der Waals surface area contributed by atoms with Crippen molar-refractivity contribution in [3.63, 3.8) is 0 Å². The number of amides is 1. The van der Waals surface area contributed by atoms with Gasteiger partial charge < -0.3 is 19.5 Å². The fourth-order valence-electron chi connectivity index (χ4n) is 2.94. The third-order valence-corrected chi connectivity index (χ3v) is 4.53. The van der Waals surface area contributed by atoms with E-state index in [0.717, 1.165) is 18.4 Å². The molecule has 3 atom stereocenters. The molecule has 1 N–H and O–H groups in total. The molecule has 1 aromatic heterocycles. The standard InChI is InChI=1S/C18H26N2O4/c1-18(2,3)24-17(22)20-5-4-14(20)11-23-15-6-12(8-19-9-15)16-7-13(16)10-21/h6,8-9,13-14,16,21H,4-5,7,10-11H2,1-3H3/t13-,14-,16+/m0/s1. The molecule has 6 heteroatoms. The number of likely N-dealkylation sites (tertiary alicyclic amines) is 1. The van der Waals surface area contributed by atoms with E-state index in [4.69, 9.17) is 9.47 Å². The summed E-state index contributed by atoms with van der Waals surface area (Å²) in [6.45, 7) is 6.98. The van der Waals surface area contributed by atoms with E-state index in [2.05, 4.69) is 4.98 Å². The lowest BCUT2D eigenvalue weighted by Crippen LogP contribution is -2.55. The Balaban J connectivity index is 1.51. The van der Waals surface area contributed by atoms with Crippen LogP contribution in [-0.4, -0.2) is 52.5 Å². The van der Waals surface area contributed by atoms with Crippen LogP contribution in [0.15, 0.2) is 18.5 Å². The van der Waals surface area contributed by atoms with Crippen molar-refractivity contribution in [2.24, 2.45) is 5.92 Å². The van der Waals surface area contributed by atoms with Gasteiger partial charge >= 0.3 is 6.09 Å². The first kappa shape index (κ1) is 17.0. The van der Waals surface area contributed by atoms with Gasteiger partial charge in [0.1, 0.15) is 18.0 Å². The Morgan fingerprint density at radius 3 is 2.79 bits per heavy atom. The van der Waals surface area contributed by atoms with E-state index in [1.807, 2.05) is 33.0 Å². The predicted octanol–water partition coefficient (Wildman–Crippen LogP) is 2.57. The molecule has 2 aliphatic rings. The smallest absolute Gasteiger partial charge is 0.410 e. The van der Waals surface area contributed by atoms with Crippen LogP contribution in [0.3, 0.4) is 0 Å². The molecule has 0 unspecified atom stereocenters. The molecule has 2 fully saturated rings. The maximum Gasteiger partial charge on any atom is 0.410 e. The number of ether oxygens (including phenoxy) is 2. The van der Waals surface area contributed by atoms with Crippen LogP contribution in [0.25, 0.3) is 0 Å². The van der Waals surface area contributed by atoms with Crippen molar-refractivity contribution in [1.29, 1.82) is 0 Å². The van der Waals surface area contributed by atoms with Gasteiger partial charge in [-0.15, -0.1) is 0 Å². The second-order valence-electron chi connectivity index (χ2n) is 7.67. The lowest BCUT2D eigenvalue weighted by molar-refractivity contribution is -0.0141. The molecule has 3 rings (SSSR count). The van der Waals surface area contributed by atoms with Crippen molar-refractivity contribution < 1.29 is 19.4 Å². The van der Waals surface area contributed by atoms with E-state index >= 15 is 0 Å². The molecule has 1 saturated heterocycles. The van der Waals surface area contributed by atoms with E-state index in [0.29, 0.717) is 30.7 Å². The fourth-order valence-corrected chi connectivity index (χ4v) is 2.94.